The molecule has 140 valence electrons. The van der Waals surface area contributed by atoms with Crippen LogP contribution < -0.4 is 9.88 Å². The second-order valence-corrected chi connectivity index (χ2v) is 7.83. The Hall–Kier alpha value is -2.38. The topological polar surface area (TPSA) is 89.7 Å². The zero-order valence-corrected chi connectivity index (χ0v) is 16.4. The van der Waals surface area contributed by atoms with E-state index in [1.165, 1.54) is 6.07 Å². The number of carbonyl (C=O) groups excluding carboxylic acids is 1. The number of primary sulfonamides is 1. The summed E-state index contributed by atoms with van der Waals surface area (Å²) in [5.41, 5.74) is 2.38. The lowest BCUT2D eigenvalue weighted by molar-refractivity contribution is 0.0740. The van der Waals surface area contributed by atoms with Gasteiger partial charge in [-0.1, -0.05) is 18.2 Å². The molecule has 1 amide bonds. The van der Waals surface area contributed by atoms with E-state index >= 15 is 0 Å². The monoisotopic (exact) mass is 376 g/mol. The summed E-state index contributed by atoms with van der Waals surface area (Å²) in [6, 6.07) is 10.2. The summed E-state index contributed by atoms with van der Waals surface area (Å²) >= 11 is 0. The van der Waals surface area contributed by atoms with Crippen LogP contribution in [0.1, 0.15) is 40.0 Å². The fraction of sp³-hybridized carbons (Fsp3) is 0.316. The molecule has 0 spiro atoms. The third-order valence-electron chi connectivity index (χ3n) is 4.66. The molecule has 6 nitrogen and oxygen atoms in total. The fourth-order valence-corrected chi connectivity index (χ4v) is 3.72. The smallest absolute Gasteiger partial charge is 0.254 e. The number of nitrogens with zero attached hydrogens (tertiary/aromatic N) is 1. The Bertz CT molecular complexity index is 939. The Morgan fingerprint density at radius 1 is 1.19 bits per heavy atom. The minimum absolute atomic E-state index is 0.0285. The van der Waals surface area contributed by atoms with Crippen molar-refractivity contribution < 1.29 is 17.9 Å². The number of methoxy groups -OCH3 is 1. The molecule has 7 heteroatoms. The highest BCUT2D eigenvalue weighted by Gasteiger charge is 2.24. The fourth-order valence-electron chi connectivity index (χ4n) is 2.85. The Balaban J connectivity index is 2.44. The average Bonchev–Trinajstić information content (AvgIpc) is 2.60. The van der Waals surface area contributed by atoms with Gasteiger partial charge in [0.1, 0.15) is 5.75 Å². The molecule has 26 heavy (non-hydrogen) atoms. The van der Waals surface area contributed by atoms with Gasteiger partial charge in [-0.3, -0.25) is 4.79 Å². The van der Waals surface area contributed by atoms with E-state index in [0.717, 1.165) is 5.56 Å². The summed E-state index contributed by atoms with van der Waals surface area (Å²) < 4.78 is 29.0. The minimum Gasteiger partial charge on any atom is -0.496 e. The van der Waals surface area contributed by atoms with Crippen molar-refractivity contribution in [3.63, 3.8) is 0 Å². The summed E-state index contributed by atoms with van der Waals surface area (Å²) in [6.45, 7) is 5.31. The van der Waals surface area contributed by atoms with Crippen molar-refractivity contribution in [2.75, 3.05) is 14.2 Å². The van der Waals surface area contributed by atoms with Crippen molar-refractivity contribution in [3.8, 4) is 5.75 Å². The van der Waals surface area contributed by atoms with Gasteiger partial charge in [0.2, 0.25) is 10.0 Å². The molecule has 0 saturated heterocycles. The number of benzene rings is 2. The Morgan fingerprint density at radius 3 is 2.38 bits per heavy atom. The molecule has 0 saturated carbocycles. The molecule has 2 N–H and O–H groups in total. The molecule has 0 unspecified atom stereocenters. The summed E-state index contributed by atoms with van der Waals surface area (Å²) in [5.74, 6) is 0.390. The number of para-hydroxylation sites is 1. The van der Waals surface area contributed by atoms with Crippen LogP contribution >= 0.6 is 0 Å². The van der Waals surface area contributed by atoms with E-state index in [1.807, 2.05) is 31.2 Å². The lowest BCUT2D eigenvalue weighted by Gasteiger charge is -2.27. The number of rotatable bonds is 5. The largest absolute Gasteiger partial charge is 0.496 e. The summed E-state index contributed by atoms with van der Waals surface area (Å²) in [6.07, 6.45) is 0. The summed E-state index contributed by atoms with van der Waals surface area (Å²) in [7, 11) is -0.661. The van der Waals surface area contributed by atoms with E-state index in [-0.39, 0.29) is 22.4 Å². The number of carbonyl (C=O) groups is 1. The maximum absolute atomic E-state index is 13.0. The predicted molar refractivity (Wildman–Crippen MR) is 101 cm³/mol. The predicted octanol–water partition coefficient (Wildman–Crippen LogP) is 2.79. The van der Waals surface area contributed by atoms with Crippen LogP contribution in [-0.4, -0.2) is 33.4 Å². The standard InChI is InChI=1S/C19H24N2O4S/c1-12-10-15(11-18(13(12)2)26(20,23)24)19(22)21(4)14(3)16-8-6-7-9-17(16)25-5/h6-11,14H,1-5H3,(H2,20,23,24)/t14-/m1/s1. The van der Waals surface area contributed by atoms with Gasteiger partial charge in [0.15, 0.2) is 0 Å². The zero-order valence-electron chi connectivity index (χ0n) is 15.6. The number of aryl methyl sites for hydroxylation is 1. The van der Waals surface area contributed by atoms with Crippen molar-refractivity contribution in [3.05, 3.63) is 58.7 Å². The molecule has 0 aliphatic rings. The lowest BCUT2D eigenvalue weighted by Crippen LogP contribution is -2.30. The van der Waals surface area contributed by atoms with E-state index in [2.05, 4.69) is 0 Å². The lowest BCUT2D eigenvalue weighted by atomic mass is 10.0. The first-order valence-electron chi connectivity index (χ1n) is 8.12. The molecule has 0 aliphatic heterocycles. The van der Waals surface area contributed by atoms with Crippen LogP contribution in [0.5, 0.6) is 5.75 Å². The van der Waals surface area contributed by atoms with Crippen molar-refractivity contribution in [1.82, 2.24) is 4.90 Å². The van der Waals surface area contributed by atoms with Gasteiger partial charge in [-0.2, -0.15) is 0 Å². The van der Waals surface area contributed by atoms with Gasteiger partial charge in [-0.05, 0) is 50.1 Å². The molecule has 0 aromatic heterocycles. The van der Waals surface area contributed by atoms with E-state index in [1.54, 1.807) is 39.0 Å². The SMILES string of the molecule is COc1ccccc1[C@@H](C)N(C)C(=O)c1cc(C)c(C)c(S(N)(=O)=O)c1. The molecule has 0 bridgehead atoms. The first kappa shape index (κ1) is 19.9. The van der Waals surface area contributed by atoms with Crippen molar-refractivity contribution in [2.45, 2.75) is 31.7 Å². The number of hydrogen-bond acceptors (Lipinski definition) is 4. The second-order valence-electron chi connectivity index (χ2n) is 6.30. The van der Waals surface area contributed by atoms with Gasteiger partial charge < -0.3 is 9.64 Å². The second kappa shape index (κ2) is 7.47. The van der Waals surface area contributed by atoms with Gasteiger partial charge in [-0.25, -0.2) is 13.6 Å². The highest BCUT2D eigenvalue weighted by molar-refractivity contribution is 7.89. The Kier molecular flexibility index (Phi) is 5.73. The molecule has 0 heterocycles. The molecule has 1 atom stereocenters. The zero-order chi connectivity index (χ0) is 19.6. The molecule has 0 aliphatic carbocycles. The van der Waals surface area contributed by atoms with E-state index in [4.69, 9.17) is 9.88 Å². The van der Waals surface area contributed by atoms with Gasteiger partial charge in [0.25, 0.3) is 5.91 Å². The molecular formula is C19H24N2O4S. The van der Waals surface area contributed by atoms with E-state index in [9.17, 15) is 13.2 Å². The van der Waals surface area contributed by atoms with Crippen molar-refractivity contribution >= 4 is 15.9 Å². The van der Waals surface area contributed by atoms with Gasteiger partial charge in [0, 0.05) is 18.2 Å². The number of hydrogen-bond donors (Lipinski definition) is 1. The maximum atomic E-state index is 13.0. The third kappa shape index (κ3) is 3.89. The van der Waals surface area contributed by atoms with Crippen molar-refractivity contribution in [2.24, 2.45) is 5.14 Å². The van der Waals surface area contributed by atoms with E-state index < -0.39 is 10.0 Å². The van der Waals surface area contributed by atoms with Gasteiger partial charge in [0.05, 0.1) is 18.0 Å². The van der Waals surface area contributed by atoms with Crippen LogP contribution in [0.4, 0.5) is 0 Å². The van der Waals surface area contributed by atoms with Crippen molar-refractivity contribution in [1.29, 1.82) is 0 Å². The average molecular weight is 376 g/mol. The Morgan fingerprint density at radius 2 is 1.81 bits per heavy atom. The molecular weight excluding hydrogens is 352 g/mol. The third-order valence-corrected chi connectivity index (χ3v) is 5.70. The molecule has 2 aromatic rings. The molecule has 2 rings (SSSR count). The highest BCUT2D eigenvalue weighted by Crippen LogP contribution is 2.29. The first-order chi connectivity index (χ1) is 12.1. The van der Waals surface area contributed by atoms with Crippen LogP contribution in [0, 0.1) is 13.8 Å². The number of nitrogens with two attached hydrogens (primary N) is 1. The maximum Gasteiger partial charge on any atom is 0.254 e. The Labute approximate surface area is 154 Å². The number of ether oxygens (including phenoxy) is 1. The quantitative estimate of drug-likeness (QED) is 0.869. The van der Waals surface area contributed by atoms with E-state index in [0.29, 0.717) is 16.9 Å². The highest BCUT2D eigenvalue weighted by atomic mass is 32.2. The number of amides is 1. The molecule has 2 aromatic carbocycles. The number of sulfonamides is 1. The van der Waals surface area contributed by atoms with Gasteiger partial charge in [-0.15, -0.1) is 0 Å². The normalized spacial score (nSPS) is 12.5. The van der Waals surface area contributed by atoms with Crippen LogP contribution in [0.15, 0.2) is 41.3 Å². The van der Waals surface area contributed by atoms with Crippen LogP contribution in [0.3, 0.4) is 0 Å². The summed E-state index contributed by atoms with van der Waals surface area (Å²) in [5, 5.41) is 5.29. The first-order valence-corrected chi connectivity index (χ1v) is 9.66. The van der Waals surface area contributed by atoms with Crippen LogP contribution in [-0.2, 0) is 10.0 Å². The molecule has 0 fully saturated rings. The van der Waals surface area contributed by atoms with Gasteiger partial charge >= 0.3 is 0 Å². The van der Waals surface area contributed by atoms with Crippen LogP contribution in [0.25, 0.3) is 0 Å². The molecule has 0 radical (unpaired) electrons. The minimum atomic E-state index is -3.91. The summed E-state index contributed by atoms with van der Waals surface area (Å²) in [4.78, 5) is 14.5. The van der Waals surface area contributed by atoms with Crippen LogP contribution in [0.2, 0.25) is 0 Å².